The number of nitrogens with zero attached hydrogens (tertiary/aromatic N) is 2. The summed E-state index contributed by atoms with van der Waals surface area (Å²) in [6, 6.07) is 11.3. The van der Waals surface area contributed by atoms with E-state index in [1.54, 1.807) is 16.7 Å². The highest BCUT2D eigenvalue weighted by Gasteiger charge is 2.19. The van der Waals surface area contributed by atoms with E-state index in [-0.39, 0.29) is 12.3 Å². The van der Waals surface area contributed by atoms with Gasteiger partial charge in [-0.15, -0.1) is 0 Å². The molecule has 0 aliphatic heterocycles. The van der Waals surface area contributed by atoms with Crippen LogP contribution < -0.4 is 4.74 Å². The molecule has 5 nitrogen and oxygen atoms in total. The molecule has 0 radical (unpaired) electrons. The Bertz CT molecular complexity index is 835. The van der Waals surface area contributed by atoms with Crippen molar-refractivity contribution in [2.45, 2.75) is 20.5 Å². The summed E-state index contributed by atoms with van der Waals surface area (Å²) < 4.78 is 7.26. The second-order valence-electron chi connectivity index (χ2n) is 5.20. The fourth-order valence-corrected chi connectivity index (χ4v) is 2.36. The van der Waals surface area contributed by atoms with Gasteiger partial charge in [-0.05, 0) is 37.6 Å². The molecule has 0 saturated carbocycles. The minimum Gasteiger partial charge on any atom is -0.487 e. The Hall–Kier alpha value is -2.82. The van der Waals surface area contributed by atoms with E-state index >= 15 is 0 Å². The molecule has 0 bridgehead atoms. The quantitative estimate of drug-likeness (QED) is 0.803. The van der Waals surface area contributed by atoms with Crippen LogP contribution in [-0.4, -0.2) is 20.5 Å². The molecule has 22 heavy (non-hydrogen) atoms. The van der Waals surface area contributed by atoms with Gasteiger partial charge in [0.2, 0.25) is 0 Å². The van der Waals surface area contributed by atoms with Gasteiger partial charge in [0.1, 0.15) is 23.7 Å². The number of aromatic carboxylic acids is 1. The first kappa shape index (κ1) is 14.1. The number of rotatable bonds is 4. The molecule has 0 spiro atoms. The van der Waals surface area contributed by atoms with Gasteiger partial charge in [0.15, 0.2) is 5.69 Å². The molecular formula is C17H16N2O3. The van der Waals surface area contributed by atoms with Gasteiger partial charge >= 0.3 is 5.97 Å². The van der Waals surface area contributed by atoms with Crippen molar-refractivity contribution in [2.75, 3.05) is 0 Å². The minimum atomic E-state index is -1.01. The van der Waals surface area contributed by atoms with Gasteiger partial charge in [-0.25, -0.2) is 9.78 Å². The third kappa shape index (κ3) is 2.53. The average molecular weight is 296 g/mol. The van der Waals surface area contributed by atoms with E-state index in [1.165, 1.54) is 0 Å². The number of benzene rings is 1. The van der Waals surface area contributed by atoms with Crippen molar-refractivity contribution < 1.29 is 14.6 Å². The number of carboxylic acid groups (broad SMARTS) is 1. The summed E-state index contributed by atoms with van der Waals surface area (Å²) in [4.78, 5) is 16.0. The summed E-state index contributed by atoms with van der Waals surface area (Å²) in [5.41, 5.74) is 3.27. The van der Waals surface area contributed by atoms with E-state index in [0.717, 1.165) is 11.1 Å². The zero-order valence-corrected chi connectivity index (χ0v) is 12.4. The van der Waals surface area contributed by atoms with E-state index in [4.69, 9.17) is 4.74 Å². The van der Waals surface area contributed by atoms with Crippen molar-refractivity contribution in [1.29, 1.82) is 0 Å². The fourth-order valence-electron chi connectivity index (χ4n) is 2.36. The maximum absolute atomic E-state index is 11.5. The van der Waals surface area contributed by atoms with Crippen LogP contribution in [0.4, 0.5) is 0 Å². The molecular weight excluding hydrogens is 280 g/mol. The lowest BCUT2D eigenvalue weighted by atomic mass is 10.2. The number of ether oxygens (including phenoxy) is 1. The molecule has 3 aromatic rings. The van der Waals surface area contributed by atoms with Gasteiger partial charge in [0.05, 0.1) is 0 Å². The summed E-state index contributed by atoms with van der Waals surface area (Å²) >= 11 is 0. The van der Waals surface area contributed by atoms with Gasteiger partial charge in [-0.1, -0.05) is 23.8 Å². The van der Waals surface area contributed by atoms with Crippen LogP contribution in [0, 0.1) is 13.8 Å². The number of carboxylic acids is 1. The molecule has 0 aliphatic carbocycles. The molecule has 0 saturated heterocycles. The van der Waals surface area contributed by atoms with Crippen LogP contribution in [0.3, 0.4) is 0 Å². The average Bonchev–Trinajstić information content (AvgIpc) is 2.87. The Morgan fingerprint density at radius 1 is 1.23 bits per heavy atom. The number of aryl methyl sites for hydroxylation is 2. The summed E-state index contributed by atoms with van der Waals surface area (Å²) in [7, 11) is 0. The molecule has 3 rings (SSSR count). The topological polar surface area (TPSA) is 63.8 Å². The molecule has 0 amide bonds. The summed E-state index contributed by atoms with van der Waals surface area (Å²) in [5, 5.41) is 9.46. The number of pyridine rings is 1. The van der Waals surface area contributed by atoms with Gasteiger partial charge in [-0.2, -0.15) is 0 Å². The molecule has 1 N–H and O–H groups in total. The van der Waals surface area contributed by atoms with Gasteiger partial charge in [0, 0.05) is 6.20 Å². The van der Waals surface area contributed by atoms with Crippen LogP contribution in [0.5, 0.6) is 5.75 Å². The molecule has 2 heterocycles. The third-order valence-corrected chi connectivity index (χ3v) is 3.52. The molecule has 5 heteroatoms. The Morgan fingerprint density at radius 2 is 1.95 bits per heavy atom. The van der Waals surface area contributed by atoms with Crippen LogP contribution in [-0.2, 0) is 6.61 Å². The molecule has 112 valence electrons. The molecule has 0 atom stereocenters. The first-order valence-electron chi connectivity index (χ1n) is 6.95. The van der Waals surface area contributed by atoms with E-state index in [2.05, 4.69) is 4.98 Å². The highest BCUT2D eigenvalue weighted by Crippen LogP contribution is 2.19. The second-order valence-corrected chi connectivity index (χ2v) is 5.20. The number of imidazole rings is 1. The third-order valence-electron chi connectivity index (χ3n) is 3.52. The highest BCUT2D eigenvalue weighted by molar-refractivity contribution is 5.88. The van der Waals surface area contributed by atoms with Crippen molar-refractivity contribution in [3.8, 4) is 5.75 Å². The van der Waals surface area contributed by atoms with Crippen molar-refractivity contribution in [3.05, 3.63) is 65.1 Å². The zero-order chi connectivity index (χ0) is 15.7. The second kappa shape index (κ2) is 5.52. The van der Waals surface area contributed by atoms with Crippen molar-refractivity contribution in [3.63, 3.8) is 0 Å². The Morgan fingerprint density at radius 3 is 2.64 bits per heavy atom. The molecule has 0 aliphatic rings. The minimum absolute atomic E-state index is 0.117. The summed E-state index contributed by atoms with van der Waals surface area (Å²) in [6.45, 7) is 4.02. The highest BCUT2D eigenvalue weighted by atomic mass is 16.5. The number of hydrogen-bond donors (Lipinski definition) is 1. The van der Waals surface area contributed by atoms with Gasteiger partial charge in [0.25, 0.3) is 0 Å². The van der Waals surface area contributed by atoms with Gasteiger partial charge in [-0.3, -0.25) is 4.40 Å². The smallest absolute Gasteiger partial charge is 0.354 e. The van der Waals surface area contributed by atoms with Crippen LogP contribution >= 0.6 is 0 Å². The Balaban J connectivity index is 1.96. The van der Waals surface area contributed by atoms with Crippen molar-refractivity contribution in [2.24, 2.45) is 0 Å². The largest absolute Gasteiger partial charge is 0.487 e. The number of aromatic nitrogens is 2. The maximum Gasteiger partial charge on any atom is 0.354 e. The fraction of sp³-hybridized carbons (Fsp3) is 0.176. The van der Waals surface area contributed by atoms with E-state index in [9.17, 15) is 9.90 Å². The lowest BCUT2D eigenvalue weighted by Gasteiger charge is -2.05. The number of carbonyl (C=O) groups is 1. The molecule has 1 aromatic carbocycles. The molecule has 2 aromatic heterocycles. The van der Waals surface area contributed by atoms with Gasteiger partial charge < -0.3 is 9.84 Å². The van der Waals surface area contributed by atoms with Crippen LogP contribution in [0.2, 0.25) is 0 Å². The Kier molecular flexibility index (Phi) is 3.55. The van der Waals surface area contributed by atoms with E-state index in [1.807, 2.05) is 44.2 Å². The Labute approximate surface area is 127 Å². The predicted octanol–water partition coefficient (Wildman–Crippen LogP) is 3.23. The normalized spacial score (nSPS) is 10.8. The first-order valence-corrected chi connectivity index (χ1v) is 6.95. The van der Waals surface area contributed by atoms with E-state index < -0.39 is 5.97 Å². The zero-order valence-electron chi connectivity index (χ0n) is 12.4. The van der Waals surface area contributed by atoms with Crippen LogP contribution in [0.25, 0.3) is 5.65 Å². The van der Waals surface area contributed by atoms with E-state index in [0.29, 0.717) is 17.1 Å². The molecule has 0 fully saturated rings. The monoisotopic (exact) mass is 296 g/mol. The standard InChI is InChI=1S/C17H16N2O3/c1-11-5-7-13(8-6-11)22-10-14-15(17(20)21)19-9-3-4-12(2)16(19)18-14/h3-9H,10H2,1-2H3,(H,20,21). The molecule has 0 unspecified atom stereocenters. The lowest BCUT2D eigenvalue weighted by molar-refractivity contribution is 0.0686. The predicted molar refractivity (Wildman–Crippen MR) is 82.4 cm³/mol. The number of fused-ring (bicyclic) bond motifs is 1. The van der Waals surface area contributed by atoms with Crippen molar-refractivity contribution >= 4 is 11.6 Å². The van der Waals surface area contributed by atoms with Crippen LogP contribution in [0.1, 0.15) is 27.3 Å². The van der Waals surface area contributed by atoms with Crippen LogP contribution in [0.15, 0.2) is 42.6 Å². The van der Waals surface area contributed by atoms with Crippen molar-refractivity contribution in [1.82, 2.24) is 9.38 Å². The maximum atomic E-state index is 11.5. The summed E-state index contributed by atoms with van der Waals surface area (Å²) in [5.74, 6) is -0.323. The number of hydrogen-bond acceptors (Lipinski definition) is 3. The summed E-state index contributed by atoms with van der Waals surface area (Å²) in [6.07, 6.45) is 1.70. The first-order chi connectivity index (χ1) is 10.6. The lowest BCUT2D eigenvalue weighted by Crippen LogP contribution is -2.07. The SMILES string of the molecule is Cc1ccc(OCc2nc3c(C)cccn3c2C(=O)O)cc1.